The molecule has 0 saturated heterocycles. The third-order valence-corrected chi connectivity index (χ3v) is 7.61. The molecule has 0 aliphatic rings. The molecular weight excluding hydrogens is 464 g/mol. The number of carbonyl (C=O) groups excluding carboxylic acids is 1. The average molecular weight is 489 g/mol. The second kappa shape index (κ2) is 11.9. The molecule has 0 atom stereocenters. The maximum atomic E-state index is 12.2. The number of aryl methyl sites for hydroxylation is 1. The van der Waals surface area contributed by atoms with E-state index in [-0.39, 0.29) is 11.7 Å². The molecule has 1 N–H and O–H groups in total. The number of hydrogen-bond acceptors (Lipinski definition) is 9. The van der Waals surface area contributed by atoms with Crippen LogP contribution in [0.5, 0.6) is 11.5 Å². The monoisotopic (exact) mass is 488 g/mol. The number of rotatable bonds is 10. The Kier molecular flexibility index (Phi) is 8.95. The van der Waals surface area contributed by atoms with E-state index in [4.69, 9.17) is 9.47 Å². The first-order chi connectivity index (χ1) is 15.5. The van der Waals surface area contributed by atoms with Gasteiger partial charge in [-0.25, -0.2) is 5.43 Å². The van der Waals surface area contributed by atoms with Crippen LogP contribution in [-0.4, -0.2) is 41.8 Å². The van der Waals surface area contributed by atoms with Crippen molar-refractivity contribution in [1.82, 2.24) is 15.6 Å². The summed E-state index contributed by atoms with van der Waals surface area (Å²) in [5.41, 5.74) is 6.56. The molecule has 0 bridgehead atoms. The van der Waals surface area contributed by atoms with E-state index in [1.165, 1.54) is 34.2 Å². The molecule has 1 amide bonds. The second-order valence-electron chi connectivity index (χ2n) is 6.70. The zero-order valence-corrected chi connectivity index (χ0v) is 20.7. The Morgan fingerprint density at radius 3 is 2.41 bits per heavy atom. The van der Waals surface area contributed by atoms with Gasteiger partial charge in [0.15, 0.2) is 20.2 Å². The first-order valence-electron chi connectivity index (χ1n) is 9.68. The molecule has 32 heavy (non-hydrogen) atoms. The molecule has 7 nitrogen and oxygen atoms in total. The van der Waals surface area contributed by atoms with Crippen LogP contribution < -0.4 is 14.9 Å². The van der Waals surface area contributed by atoms with Crippen LogP contribution in [0.25, 0.3) is 0 Å². The molecular formula is C22H24N4O3S3. The van der Waals surface area contributed by atoms with E-state index in [9.17, 15) is 4.79 Å². The van der Waals surface area contributed by atoms with Crippen LogP contribution in [0.2, 0.25) is 0 Å². The SMILES string of the molecule is COc1ccc(C(C)=NNC(=O)CSc2nnc(SCc3ccc(C)cc3)s2)cc1OC. The second-order valence-corrected chi connectivity index (χ2v) is 10.1. The van der Waals surface area contributed by atoms with Gasteiger partial charge in [-0.15, -0.1) is 10.2 Å². The van der Waals surface area contributed by atoms with Crippen molar-refractivity contribution in [2.45, 2.75) is 28.3 Å². The Labute approximate surface area is 200 Å². The van der Waals surface area contributed by atoms with Gasteiger partial charge in [0.2, 0.25) is 0 Å². The van der Waals surface area contributed by atoms with E-state index in [1.807, 2.05) is 19.1 Å². The minimum absolute atomic E-state index is 0.208. The summed E-state index contributed by atoms with van der Waals surface area (Å²) in [4.78, 5) is 12.2. The third-order valence-electron chi connectivity index (χ3n) is 4.35. The summed E-state index contributed by atoms with van der Waals surface area (Å²) in [6.07, 6.45) is 0. The van der Waals surface area contributed by atoms with Crippen LogP contribution in [0.1, 0.15) is 23.6 Å². The minimum atomic E-state index is -0.209. The predicted molar refractivity (Wildman–Crippen MR) is 131 cm³/mol. The Morgan fingerprint density at radius 1 is 1.03 bits per heavy atom. The summed E-state index contributed by atoms with van der Waals surface area (Å²) in [7, 11) is 3.16. The lowest BCUT2D eigenvalue weighted by Crippen LogP contribution is -2.21. The van der Waals surface area contributed by atoms with Gasteiger partial charge in [-0.05, 0) is 37.6 Å². The Balaban J connectivity index is 1.47. The Bertz CT molecular complexity index is 1080. The number of carbonyl (C=O) groups is 1. The van der Waals surface area contributed by atoms with Gasteiger partial charge in [0.1, 0.15) is 0 Å². The van der Waals surface area contributed by atoms with Gasteiger partial charge >= 0.3 is 0 Å². The highest BCUT2D eigenvalue weighted by molar-refractivity contribution is 8.03. The van der Waals surface area contributed by atoms with Crippen molar-refractivity contribution in [1.29, 1.82) is 0 Å². The number of hydrazone groups is 1. The summed E-state index contributed by atoms with van der Waals surface area (Å²) in [6.45, 7) is 3.89. The van der Waals surface area contributed by atoms with Gasteiger partial charge in [0.25, 0.3) is 5.91 Å². The summed E-state index contributed by atoms with van der Waals surface area (Å²) < 4.78 is 12.2. The summed E-state index contributed by atoms with van der Waals surface area (Å²) in [6, 6.07) is 13.9. The van der Waals surface area contributed by atoms with Crippen molar-refractivity contribution in [3.05, 3.63) is 59.2 Å². The highest BCUT2D eigenvalue weighted by atomic mass is 32.2. The van der Waals surface area contributed by atoms with Crippen molar-refractivity contribution in [2.24, 2.45) is 5.10 Å². The summed E-state index contributed by atoms with van der Waals surface area (Å²) in [5.74, 6) is 2.08. The molecule has 0 aliphatic heterocycles. The van der Waals surface area contributed by atoms with E-state index in [0.29, 0.717) is 17.2 Å². The molecule has 3 aromatic rings. The molecule has 0 unspecified atom stereocenters. The summed E-state index contributed by atoms with van der Waals surface area (Å²) in [5, 5.41) is 12.5. The van der Waals surface area contributed by atoms with Crippen molar-refractivity contribution < 1.29 is 14.3 Å². The van der Waals surface area contributed by atoms with Crippen molar-refractivity contribution >= 4 is 46.5 Å². The van der Waals surface area contributed by atoms with E-state index >= 15 is 0 Å². The molecule has 0 radical (unpaired) electrons. The molecule has 0 spiro atoms. The van der Waals surface area contributed by atoms with Gasteiger partial charge in [-0.3, -0.25) is 4.79 Å². The molecule has 3 rings (SSSR count). The topological polar surface area (TPSA) is 85.7 Å². The smallest absolute Gasteiger partial charge is 0.250 e. The Hall–Kier alpha value is -2.56. The van der Waals surface area contributed by atoms with Crippen molar-refractivity contribution in [3.8, 4) is 11.5 Å². The largest absolute Gasteiger partial charge is 0.493 e. The molecule has 0 saturated carbocycles. The number of nitrogens with zero attached hydrogens (tertiary/aromatic N) is 3. The zero-order chi connectivity index (χ0) is 22.9. The van der Waals surface area contributed by atoms with E-state index in [0.717, 1.165) is 20.0 Å². The molecule has 10 heteroatoms. The number of aromatic nitrogens is 2. The quantitative estimate of drug-likeness (QED) is 0.249. The van der Waals surface area contributed by atoms with Crippen LogP contribution in [0.4, 0.5) is 0 Å². The van der Waals surface area contributed by atoms with E-state index < -0.39 is 0 Å². The number of thioether (sulfide) groups is 2. The fraction of sp³-hybridized carbons (Fsp3) is 0.273. The standard InChI is InChI=1S/C22H24N4O3S3/c1-14-5-7-16(8-6-14)12-30-21-25-26-22(32-21)31-13-20(27)24-23-15(2)17-9-10-18(28-3)19(11-17)29-4/h5-11H,12-13H2,1-4H3,(H,24,27). The van der Waals surface area contributed by atoms with Crippen LogP contribution >= 0.6 is 34.9 Å². The first kappa shape index (κ1) is 24.1. The fourth-order valence-electron chi connectivity index (χ4n) is 2.57. The normalized spacial score (nSPS) is 11.3. The van der Waals surface area contributed by atoms with Gasteiger partial charge in [0, 0.05) is 11.3 Å². The Morgan fingerprint density at radius 2 is 1.72 bits per heavy atom. The number of hydrogen-bond donors (Lipinski definition) is 1. The number of methoxy groups -OCH3 is 2. The fourth-order valence-corrected chi connectivity index (χ4v) is 5.34. The summed E-state index contributed by atoms with van der Waals surface area (Å²) >= 11 is 4.48. The zero-order valence-electron chi connectivity index (χ0n) is 18.2. The third kappa shape index (κ3) is 6.98. The first-order valence-corrected chi connectivity index (χ1v) is 12.5. The van der Waals surface area contributed by atoms with Crippen molar-refractivity contribution in [2.75, 3.05) is 20.0 Å². The molecule has 0 aliphatic carbocycles. The van der Waals surface area contributed by atoms with Gasteiger partial charge in [-0.1, -0.05) is 64.7 Å². The highest BCUT2D eigenvalue weighted by Crippen LogP contribution is 2.31. The van der Waals surface area contributed by atoms with Gasteiger partial charge in [-0.2, -0.15) is 5.10 Å². The average Bonchev–Trinajstić information content (AvgIpc) is 3.28. The van der Waals surface area contributed by atoms with Crippen LogP contribution in [0.3, 0.4) is 0 Å². The van der Waals surface area contributed by atoms with Crippen LogP contribution in [0, 0.1) is 6.92 Å². The highest BCUT2D eigenvalue weighted by Gasteiger charge is 2.10. The van der Waals surface area contributed by atoms with Gasteiger partial charge in [0.05, 0.1) is 25.7 Å². The van der Waals surface area contributed by atoms with E-state index in [2.05, 4.69) is 51.9 Å². The molecule has 1 heterocycles. The molecule has 168 valence electrons. The van der Waals surface area contributed by atoms with Gasteiger partial charge < -0.3 is 9.47 Å². The molecule has 2 aromatic carbocycles. The number of benzene rings is 2. The lowest BCUT2D eigenvalue weighted by molar-refractivity contribution is -0.118. The van der Waals surface area contributed by atoms with Crippen LogP contribution in [-0.2, 0) is 10.5 Å². The number of nitrogens with one attached hydrogen (secondary N) is 1. The number of amides is 1. The maximum absolute atomic E-state index is 12.2. The minimum Gasteiger partial charge on any atom is -0.493 e. The van der Waals surface area contributed by atoms with Crippen LogP contribution in [0.15, 0.2) is 56.2 Å². The lowest BCUT2D eigenvalue weighted by atomic mass is 10.1. The number of ether oxygens (including phenoxy) is 2. The maximum Gasteiger partial charge on any atom is 0.250 e. The lowest BCUT2D eigenvalue weighted by Gasteiger charge is -2.09. The van der Waals surface area contributed by atoms with Crippen molar-refractivity contribution in [3.63, 3.8) is 0 Å². The molecule has 0 fully saturated rings. The van der Waals surface area contributed by atoms with E-state index in [1.54, 1.807) is 32.0 Å². The predicted octanol–water partition coefficient (Wildman–Crippen LogP) is 4.79. The molecule has 1 aromatic heterocycles.